The second kappa shape index (κ2) is 32.9. The molecule has 1 aromatic heterocycles. The number of anilines is 1. The zero-order valence-corrected chi connectivity index (χ0v) is 37.1. The number of carbonyl (C=O) groups excluding carboxylic acids is 4. The number of rotatable bonds is 36. The Balaban J connectivity index is 2.04. The smallest absolute Gasteiger partial charge is 0.306 e. The van der Waals surface area contributed by atoms with Crippen LogP contribution in [0.25, 0.3) is 0 Å². The number of aliphatic hydroxyl groups is 3. The quantitative estimate of drug-likeness (QED) is 0.0343. The van der Waals surface area contributed by atoms with Crippen molar-refractivity contribution in [3.8, 4) is 0 Å². The van der Waals surface area contributed by atoms with Gasteiger partial charge in [0.2, 0.25) is 11.8 Å². The molecule has 1 aliphatic heterocycles. The Morgan fingerprint density at radius 2 is 1.27 bits per heavy atom. The first-order valence-electron chi connectivity index (χ1n) is 22.7. The molecule has 15 nitrogen and oxygen atoms in total. The van der Waals surface area contributed by atoms with Gasteiger partial charge >= 0.3 is 11.9 Å². The van der Waals surface area contributed by atoms with Gasteiger partial charge in [-0.1, -0.05) is 142 Å². The van der Waals surface area contributed by atoms with Crippen LogP contribution in [0.15, 0.2) is 6.20 Å². The second-order valence-corrected chi connectivity index (χ2v) is 16.9. The Bertz CT molecular complexity index is 1290. The van der Waals surface area contributed by atoms with E-state index in [-0.39, 0.29) is 54.6 Å². The number of aromatic nitrogens is 3. The monoisotopic (exact) mass is 856 g/mol. The average molecular weight is 856 g/mol. The van der Waals surface area contributed by atoms with Gasteiger partial charge in [-0.3, -0.25) is 19.2 Å². The van der Waals surface area contributed by atoms with Crippen molar-refractivity contribution in [3.05, 3.63) is 6.20 Å². The molecule has 0 bridgehead atoms. The number of esters is 2. The third-order valence-corrected chi connectivity index (χ3v) is 11.7. The maximum atomic E-state index is 13.6. The number of hydrogen-bond acceptors (Lipinski definition) is 13. The number of amides is 2. The summed E-state index contributed by atoms with van der Waals surface area (Å²) in [6.45, 7) is 5.92. The number of unbranched alkanes of at least 4 members (excludes halogenated alkanes) is 18. The molecule has 2 rings (SSSR count). The van der Waals surface area contributed by atoms with Gasteiger partial charge in [-0.05, 0) is 19.3 Å². The van der Waals surface area contributed by atoms with Crippen molar-refractivity contribution in [1.82, 2.24) is 20.3 Å². The molecule has 0 aromatic carbocycles. The number of ether oxygens (including phenoxy) is 3. The number of aliphatic hydroxyl groups excluding tert-OH is 3. The molecule has 2 heterocycles. The van der Waals surface area contributed by atoms with E-state index in [0.29, 0.717) is 12.8 Å². The Hall–Kier alpha value is -2.79. The maximum absolute atomic E-state index is 13.6. The number of nitrogens with zero attached hydrogens (tertiary/aromatic N) is 3. The van der Waals surface area contributed by atoms with Crippen LogP contribution >= 0.6 is 11.8 Å². The Kier molecular flexibility index (Phi) is 29.2. The summed E-state index contributed by atoms with van der Waals surface area (Å²) < 4.78 is 18.0. The molecule has 0 saturated carbocycles. The molecule has 2 amide bonds. The lowest BCUT2D eigenvalue weighted by molar-refractivity contribution is -0.157. The van der Waals surface area contributed by atoms with Gasteiger partial charge in [0.15, 0.2) is 12.0 Å². The highest BCUT2D eigenvalue weighted by molar-refractivity contribution is 7.99. The highest BCUT2D eigenvalue weighted by atomic mass is 32.2. The zero-order valence-electron chi connectivity index (χ0n) is 36.3. The fourth-order valence-corrected chi connectivity index (χ4v) is 7.89. The number of carbonyl (C=O) groups is 4. The van der Waals surface area contributed by atoms with E-state index in [1.54, 1.807) is 0 Å². The van der Waals surface area contributed by atoms with E-state index in [0.717, 1.165) is 81.7 Å². The summed E-state index contributed by atoms with van der Waals surface area (Å²) in [4.78, 5) is 52.3. The molecule has 0 spiro atoms. The minimum atomic E-state index is -1.38. The van der Waals surface area contributed by atoms with E-state index >= 15 is 0 Å². The van der Waals surface area contributed by atoms with Gasteiger partial charge in [0, 0.05) is 30.8 Å². The van der Waals surface area contributed by atoms with Crippen LogP contribution in [0.5, 0.6) is 0 Å². The molecule has 1 saturated heterocycles. The van der Waals surface area contributed by atoms with Crippen LogP contribution in [0.2, 0.25) is 0 Å². The van der Waals surface area contributed by atoms with Crippen molar-refractivity contribution >= 4 is 41.3 Å². The Labute approximate surface area is 357 Å². The lowest BCUT2D eigenvalue weighted by Crippen LogP contribution is -2.45. The van der Waals surface area contributed by atoms with Crippen LogP contribution in [0.3, 0.4) is 0 Å². The van der Waals surface area contributed by atoms with Gasteiger partial charge in [0.05, 0.1) is 12.8 Å². The molecule has 0 radical (unpaired) electrons. The van der Waals surface area contributed by atoms with Crippen LogP contribution in [0.4, 0.5) is 5.82 Å². The molecule has 1 unspecified atom stereocenters. The SMILES string of the molecule is CCCCCCCCCC(=O)N[C@H](CSC[C@@H](COC(=O)CCCCCCCCC)OC(=O)CCCCCCCCC)C(=O)Nc1cn([C@H]2OC(CO)[C@@H](O)[C@H]2O)nn1. The maximum Gasteiger partial charge on any atom is 0.306 e. The normalized spacial score (nSPS) is 18.7. The molecule has 59 heavy (non-hydrogen) atoms. The minimum absolute atomic E-state index is 0.0223. The molecule has 0 aliphatic carbocycles. The molecule has 16 heteroatoms. The average Bonchev–Trinajstić information content (AvgIpc) is 3.80. The summed E-state index contributed by atoms with van der Waals surface area (Å²) in [5.74, 6) is -1.16. The number of hydrogen-bond donors (Lipinski definition) is 5. The van der Waals surface area contributed by atoms with Gasteiger partial charge < -0.3 is 40.2 Å². The van der Waals surface area contributed by atoms with Crippen LogP contribution in [-0.4, -0.2) is 109 Å². The van der Waals surface area contributed by atoms with E-state index in [1.165, 1.54) is 69.3 Å². The summed E-state index contributed by atoms with van der Waals surface area (Å²) in [6.07, 6.45) is 18.9. The molecule has 1 aromatic rings. The molecule has 340 valence electrons. The van der Waals surface area contributed by atoms with Crippen molar-refractivity contribution in [2.75, 3.05) is 30.0 Å². The van der Waals surface area contributed by atoms with E-state index in [1.807, 2.05) is 0 Å². The molecular weight excluding hydrogens is 779 g/mol. The number of thioether (sulfide) groups is 1. The summed E-state index contributed by atoms with van der Waals surface area (Å²) in [5, 5.41) is 43.4. The fourth-order valence-electron chi connectivity index (χ4n) is 6.85. The first-order valence-corrected chi connectivity index (χ1v) is 23.9. The predicted octanol–water partition coefficient (Wildman–Crippen LogP) is 6.92. The van der Waals surface area contributed by atoms with E-state index < -0.39 is 49.2 Å². The first-order chi connectivity index (χ1) is 28.6. The minimum Gasteiger partial charge on any atom is -0.462 e. The van der Waals surface area contributed by atoms with Crippen molar-refractivity contribution in [1.29, 1.82) is 0 Å². The van der Waals surface area contributed by atoms with E-state index in [2.05, 4.69) is 41.7 Å². The molecule has 5 N–H and O–H groups in total. The topological polar surface area (TPSA) is 211 Å². The van der Waals surface area contributed by atoms with Crippen molar-refractivity contribution < 1.29 is 48.7 Å². The summed E-state index contributed by atoms with van der Waals surface area (Å²) in [5.41, 5.74) is 0. The van der Waals surface area contributed by atoms with Crippen molar-refractivity contribution in [2.45, 2.75) is 212 Å². The van der Waals surface area contributed by atoms with Crippen LogP contribution in [0.1, 0.15) is 181 Å². The lowest BCUT2D eigenvalue weighted by atomic mass is 10.1. The summed E-state index contributed by atoms with van der Waals surface area (Å²) >= 11 is 1.29. The van der Waals surface area contributed by atoms with E-state index in [4.69, 9.17) is 14.2 Å². The third-order valence-electron chi connectivity index (χ3n) is 10.5. The number of nitrogens with one attached hydrogen (secondary N) is 2. The highest BCUT2D eigenvalue weighted by Gasteiger charge is 2.44. The largest absolute Gasteiger partial charge is 0.462 e. The van der Waals surface area contributed by atoms with Crippen LogP contribution in [-0.2, 0) is 33.4 Å². The Morgan fingerprint density at radius 3 is 1.81 bits per heavy atom. The first kappa shape index (κ1) is 52.3. The predicted molar refractivity (Wildman–Crippen MR) is 230 cm³/mol. The lowest BCUT2D eigenvalue weighted by Gasteiger charge is -2.21. The van der Waals surface area contributed by atoms with E-state index in [9.17, 15) is 34.5 Å². The fraction of sp³-hybridized carbons (Fsp3) is 0.860. The molecule has 1 aliphatic rings. The van der Waals surface area contributed by atoms with Gasteiger partial charge in [-0.2, -0.15) is 11.8 Å². The zero-order chi connectivity index (χ0) is 43.1. The highest BCUT2D eigenvalue weighted by Crippen LogP contribution is 2.29. The molecular formula is C43H77N5O10S. The molecule has 6 atom stereocenters. The van der Waals surface area contributed by atoms with Gasteiger partial charge in [0.25, 0.3) is 0 Å². The van der Waals surface area contributed by atoms with Gasteiger partial charge in [0.1, 0.15) is 37.1 Å². The molecule has 1 fully saturated rings. The van der Waals surface area contributed by atoms with Gasteiger partial charge in [-0.15, -0.1) is 5.10 Å². The Morgan fingerprint density at radius 1 is 0.746 bits per heavy atom. The van der Waals surface area contributed by atoms with Gasteiger partial charge in [-0.25, -0.2) is 4.68 Å². The second-order valence-electron chi connectivity index (χ2n) is 15.9. The van der Waals surface area contributed by atoms with Crippen LogP contribution < -0.4 is 10.6 Å². The summed E-state index contributed by atoms with van der Waals surface area (Å²) in [6, 6.07) is -1.000. The van der Waals surface area contributed by atoms with Crippen molar-refractivity contribution in [2.24, 2.45) is 0 Å². The standard InChI is InChI=1S/C43H77N5O10S/c1-4-7-10-13-16-19-22-25-37(50)44-34(42(55)45-36-28-48(47-46-36)43-41(54)40(53)35(29-49)58-43)32-59-31-33(57-39(52)27-24-21-18-15-12-9-6-3)30-56-38(51)26-23-20-17-14-11-8-5-2/h28,33-35,40-41,43,49,53-54H,4-27,29-32H2,1-3H3,(H,44,50)(H,45,55)/t33-,34-,35?,40-,41-,43+/m1/s1. The van der Waals surface area contributed by atoms with Crippen LogP contribution in [0, 0.1) is 0 Å². The third kappa shape index (κ3) is 23.1. The summed E-state index contributed by atoms with van der Waals surface area (Å²) in [7, 11) is 0. The van der Waals surface area contributed by atoms with Crippen molar-refractivity contribution in [3.63, 3.8) is 0 Å².